The smallest absolute Gasteiger partial charge is 0.309 e. The second-order valence-corrected chi connectivity index (χ2v) is 5.44. The number of carbonyl (C=O) groups is 1. The van der Waals surface area contributed by atoms with Crippen molar-refractivity contribution >= 4 is 22.3 Å². The Kier molecular flexibility index (Phi) is 2.34. The first-order chi connectivity index (χ1) is 9.74. The van der Waals surface area contributed by atoms with Gasteiger partial charge in [-0.1, -0.05) is 12.1 Å². The largest absolute Gasteiger partial charge is 0.487 e. The number of fused-ring (bicyclic) bond motifs is 5. The average molecular weight is 286 g/mol. The summed E-state index contributed by atoms with van der Waals surface area (Å²) in [7, 11) is 0. The van der Waals surface area contributed by atoms with Crippen molar-refractivity contribution in [2.45, 2.75) is 13.0 Å². The normalized spacial score (nSPS) is 12.8. The molecule has 1 N–H and O–H groups in total. The summed E-state index contributed by atoms with van der Waals surface area (Å²) in [6, 6.07) is 7.77. The Morgan fingerprint density at radius 2 is 2.30 bits per heavy atom. The summed E-state index contributed by atoms with van der Waals surface area (Å²) >= 11 is 1.46. The van der Waals surface area contributed by atoms with Crippen molar-refractivity contribution in [2.75, 3.05) is 0 Å². The molecular formula is C14H10N2O3S. The Hall–Kier alpha value is -2.34. The van der Waals surface area contributed by atoms with Crippen LogP contribution in [-0.2, 0) is 17.8 Å². The number of aromatic nitrogens is 2. The van der Waals surface area contributed by atoms with Gasteiger partial charge in [0.1, 0.15) is 18.1 Å². The van der Waals surface area contributed by atoms with Gasteiger partial charge in [0.15, 0.2) is 4.96 Å². The zero-order valence-electron chi connectivity index (χ0n) is 10.4. The van der Waals surface area contributed by atoms with E-state index in [2.05, 4.69) is 4.98 Å². The summed E-state index contributed by atoms with van der Waals surface area (Å²) in [5.41, 5.74) is 3.53. The predicted octanol–water partition coefficient (Wildman–Crippen LogP) is 2.58. The molecule has 3 aromatic rings. The van der Waals surface area contributed by atoms with Crippen molar-refractivity contribution in [3.63, 3.8) is 0 Å². The lowest BCUT2D eigenvalue weighted by Crippen LogP contribution is -2.10. The maximum absolute atomic E-state index is 10.9. The first kappa shape index (κ1) is 11.5. The van der Waals surface area contributed by atoms with Crippen LogP contribution in [0.1, 0.15) is 11.4 Å². The van der Waals surface area contributed by atoms with Crippen molar-refractivity contribution in [3.05, 3.63) is 41.0 Å². The van der Waals surface area contributed by atoms with Gasteiger partial charge >= 0.3 is 5.97 Å². The fourth-order valence-electron chi connectivity index (χ4n) is 2.54. The molecule has 1 aliphatic rings. The number of nitrogens with zero attached hydrogens (tertiary/aromatic N) is 2. The van der Waals surface area contributed by atoms with Crippen LogP contribution in [0.5, 0.6) is 5.75 Å². The molecule has 0 atom stereocenters. The van der Waals surface area contributed by atoms with E-state index in [-0.39, 0.29) is 6.42 Å². The van der Waals surface area contributed by atoms with Gasteiger partial charge in [-0.3, -0.25) is 9.20 Å². The molecule has 0 fully saturated rings. The Bertz CT molecular complexity index is 834. The molecule has 0 aliphatic carbocycles. The summed E-state index contributed by atoms with van der Waals surface area (Å²) in [4.78, 5) is 16.4. The molecule has 4 rings (SSSR count). The van der Waals surface area contributed by atoms with Crippen LogP contribution in [0.4, 0.5) is 0 Å². The van der Waals surface area contributed by atoms with Crippen molar-refractivity contribution in [1.82, 2.24) is 9.38 Å². The molecule has 100 valence electrons. The summed E-state index contributed by atoms with van der Waals surface area (Å²) in [5.74, 6) is -0.0187. The maximum atomic E-state index is 10.9. The number of thiazole rings is 1. The van der Waals surface area contributed by atoms with Gasteiger partial charge in [0.05, 0.1) is 12.1 Å². The van der Waals surface area contributed by atoms with Gasteiger partial charge in [0.2, 0.25) is 0 Å². The minimum Gasteiger partial charge on any atom is -0.487 e. The standard InChI is InChI=1S/C14H10N2O3S/c17-12(18)5-8-7-20-14-15-13-9-3-1-2-4-11(9)19-6-10(13)16(8)14/h1-4,7H,5-6H2,(H,17,18). The SMILES string of the molecule is O=C(O)Cc1csc2nc3c(n12)COc1ccccc1-3. The van der Waals surface area contributed by atoms with Crippen LogP contribution in [-0.4, -0.2) is 20.5 Å². The van der Waals surface area contributed by atoms with Crippen molar-refractivity contribution in [3.8, 4) is 17.0 Å². The van der Waals surface area contributed by atoms with Crippen LogP contribution < -0.4 is 4.74 Å². The molecule has 0 bridgehead atoms. The Balaban J connectivity index is 1.96. The quantitative estimate of drug-likeness (QED) is 0.786. The highest BCUT2D eigenvalue weighted by Crippen LogP contribution is 2.38. The highest BCUT2D eigenvalue weighted by molar-refractivity contribution is 7.15. The third kappa shape index (κ3) is 1.55. The zero-order valence-corrected chi connectivity index (χ0v) is 11.2. The van der Waals surface area contributed by atoms with Crippen molar-refractivity contribution in [1.29, 1.82) is 0 Å². The van der Waals surface area contributed by atoms with Crippen LogP contribution in [0.25, 0.3) is 16.2 Å². The molecular weight excluding hydrogens is 276 g/mol. The minimum absolute atomic E-state index is 0.00948. The van der Waals surface area contributed by atoms with E-state index in [9.17, 15) is 4.79 Å². The molecule has 5 nitrogen and oxygen atoms in total. The van der Waals surface area contributed by atoms with E-state index in [1.165, 1.54) is 11.3 Å². The van der Waals surface area contributed by atoms with Crippen LogP contribution in [0.2, 0.25) is 0 Å². The Labute approximate surface area is 118 Å². The van der Waals surface area contributed by atoms with Gasteiger partial charge in [0.25, 0.3) is 0 Å². The van der Waals surface area contributed by atoms with Crippen LogP contribution >= 0.6 is 11.3 Å². The van der Waals surface area contributed by atoms with Crippen molar-refractivity contribution < 1.29 is 14.6 Å². The lowest BCUT2D eigenvalue weighted by Gasteiger charge is -2.17. The van der Waals surface area contributed by atoms with Gasteiger partial charge < -0.3 is 9.84 Å². The molecule has 20 heavy (non-hydrogen) atoms. The predicted molar refractivity (Wildman–Crippen MR) is 74.2 cm³/mol. The molecule has 1 aromatic carbocycles. The fraction of sp³-hybridized carbons (Fsp3) is 0.143. The van der Waals surface area contributed by atoms with E-state index >= 15 is 0 Å². The number of rotatable bonds is 2. The third-order valence-electron chi connectivity index (χ3n) is 3.37. The number of imidazole rings is 1. The van der Waals surface area contributed by atoms with Crippen LogP contribution in [0.3, 0.4) is 0 Å². The fourth-order valence-corrected chi connectivity index (χ4v) is 3.45. The summed E-state index contributed by atoms with van der Waals surface area (Å²) < 4.78 is 7.65. The van der Waals surface area contributed by atoms with E-state index in [4.69, 9.17) is 9.84 Å². The number of benzene rings is 1. The van der Waals surface area contributed by atoms with E-state index < -0.39 is 5.97 Å². The molecule has 1 aliphatic heterocycles. The number of carboxylic acid groups (broad SMARTS) is 1. The second-order valence-electron chi connectivity index (χ2n) is 4.61. The minimum atomic E-state index is -0.843. The highest BCUT2D eigenvalue weighted by Gasteiger charge is 2.24. The third-order valence-corrected chi connectivity index (χ3v) is 4.24. The Morgan fingerprint density at radius 3 is 3.15 bits per heavy atom. The molecule has 3 heterocycles. The number of carboxylic acids is 1. The summed E-state index contributed by atoms with van der Waals surface area (Å²) in [6.07, 6.45) is -0.00948. The van der Waals surface area contributed by atoms with Gasteiger partial charge in [-0.15, -0.1) is 11.3 Å². The number of hydrogen-bond acceptors (Lipinski definition) is 4. The first-order valence-electron chi connectivity index (χ1n) is 6.16. The van der Waals surface area contributed by atoms with E-state index in [0.29, 0.717) is 6.61 Å². The van der Waals surface area contributed by atoms with Crippen LogP contribution in [0.15, 0.2) is 29.6 Å². The molecule has 2 aromatic heterocycles. The van der Waals surface area contributed by atoms with Gasteiger partial charge in [-0.25, -0.2) is 4.98 Å². The highest BCUT2D eigenvalue weighted by atomic mass is 32.1. The second kappa shape index (κ2) is 4.08. The van der Waals surface area contributed by atoms with Crippen molar-refractivity contribution in [2.24, 2.45) is 0 Å². The van der Waals surface area contributed by atoms with E-state index in [1.54, 1.807) is 0 Å². The Morgan fingerprint density at radius 1 is 1.45 bits per heavy atom. The molecule has 0 unspecified atom stereocenters. The molecule has 0 radical (unpaired) electrons. The van der Waals surface area contributed by atoms with Gasteiger partial charge in [-0.05, 0) is 12.1 Å². The van der Waals surface area contributed by atoms with Crippen LogP contribution in [0, 0.1) is 0 Å². The topological polar surface area (TPSA) is 63.8 Å². The molecule has 0 saturated heterocycles. The number of aliphatic carboxylic acids is 1. The average Bonchev–Trinajstić information content (AvgIpc) is 2.98. The summed E-state index contributed by atoms with van der Waals surface area (Å²) in [6.45, 7) is 0.414. The monoisotopic (exact) mass is 286 g/mol. The number of hydrogen-bond donors (Lipinski definition) is 1. The van der Waals surface area contributed by atoms with E-state index in [0.717, 1.165) is 33.4 Å². The lowest BCUT2D eigenvalue weighted by atomic mass is 10.1. The molecule has 6 heteroatoms. The summed E-state index contributed by atoms with van der Waals surface area (Å²) in [5, 5.41) is 10.8. The number of para-hydroxylation sites is 1. The number of ether oxygens (including phenoxy) is 1. The zero-order chi connectivity index (χ0) is 13.7. The van der Waals surface area contributed by atoms with Gasteiger partial charge in [0, 0.05) is 16.6 Å². The van der Waals surface area contributed by atoms with E-state index in [1.807, 2.05) is 34.0 Å². The first-order valence-corrected chi connectivity index (χ1v) is 7.03. The maximum Gasteiger partial charge on any atom is 0.309 e. The lowest BCUT2D eigenvalue weighted by molar-refractivity contribution is -0.136. The molecule has 0 spiro atoms. The molecule has 0 saturated carbocycles. The molecule has 0 amide bonds. The van der Waals surface area contributed by atoms with Gasteiger partial charge in [-0.2, -0.15) is 0 Å².